The van der Waals surface area contributed by atoms with E-state index in [1.165, 1.54) is 27.6 Å². The molecule has 0 aliphatic heterocycles. The zero-order chi connectivity index (χ0) is 12.5. The van der Waals surface area contributed by atoms with Crippen molar-refractivity contribution in [3.8, 4) is 0 Å². The van der Waals surface area contributed by atoms with E-state index in [0.29, 0.717) is 0 Å². The van der Waals surface area contributed by atoms with Crippen LogP contribution in [0.2, 0.25) is 0 Å². The smallest absolute Gasteiger partial charge is 0.174 e. The van der Waals surface area contributed by atoms with Crippen molar-refractivity contribution in [2.24, 2.45) is 0 Å². The lowest BCUT2D eigenvalue weighted by Crippen LogP contribution is -2.37. The van der Waals surface area contributed by atoms with Crippen molar-refractivity contribution in [1.29, 1.82) is 0 Å². The molecule has 0 bridgehead atoms. The first kappa shape index (κ1) is 11.0. The summed E-state index contributed by atoms with van der Waals surface area (Å²) in [5.74, 6) is 0. The first-order chi connectivity index (χ1) is 8.77. The Balaban J connectivity index is 2.45. The van der Waals surface area contributed by atoms with Crippen molar-refractivity contribution in [2.75, 3.05) is 0 Å². The van der Waals surface area contributed by atoms with Gasteiger partial charge in [0.25, 0.3) is 0 Å². The molecule has 3 rings (SSSR count). The molecule has 1 nitrogen and oxygen atoms in total. The van der Waals surface area contributed by atoms with Crippen LogP contribution in [0.5, 0.6) is 0 Å². The summed E-state index contributed by atoms with van der Waals surface area (Å²) >= 11 is 0. The SMILES string of the molecule is C=[n+]1ccccc1=C1C(C)=CCc2ccccc21. The molecule has 0 saturated carbocycles. The summed E-state index contributed by atoms with van der Waals surface area (Å²) in [5.41, 5.74) is 5.35. The van der Waals surface area contributed by atoms with Crippen molar-refractivity contribution in [3.63, 3.8) is 0 Å². The molecule has 0 unspecified atom stereocenters. The zero-order valence-corrected chi connectivity index (χ0v) is 10.6. The summed E-state index contributed by atoms with van der Waals surface area (Å²) in [6.45, 7) is 6.25. The summed E-state index contributed by atoms with van der Waals surface area (Å²) in [4.78, 5) is 0. The van der Waals surface area contributed by atoms with Gasteiger partial charge in [0.05, 0.1) is 5.57 Å². The van der Waals surface area contributed by atoms with E-state index in [-0.39, 0.29) is 0 Å². The van der Waals surface area contributed by atoms with Crippen LogP contribution in [0.15, 0.2) is 60.3 Å². The van der Waals surface area contributed by atoms with E-state index in [9.17, 15) is 0 Å². The lowest BCUT2D eigenvalue weighted by atomic mass is 9.87. The Kier molecular flexibility index (Phi) is 2.60. The van der Waals surface area contributed by atoms with Crippen LogP contribution < -0.4 is 9.59 Å². The van der Waals surface area contributed by atoms with E-state index in [1.807, 2.05) is 16.5 Å². The van der Waals surface area contributed by atoms with Gasteiger partial charge in [0, 0.05) is 12.1 Å². The molecule has 1 heteroatoms. The standard InChI is InChI=1S/C17H16N/c1-13-10-11-14-7-3-4-8-15(14)17(13)16-9-5-6-12-18(16)2/h3-10,12H,2,11H2,1H3/q+1. The number of nitrogens with zero attached hydrogens (tertiary/aromatic N) is 1. The van der Waals surface area contributed by atoms with E-state index < -0.39 is 0 Å². The Hall–Kier alpha value is -2.15. The quantitative estimate of drug-likeness (QED) is 0.617. The maximum atomic E-state index is 4.07. The van der Waals surface area contributed by atoms with Gasteiger partial charge < -0.3 is 0 Å². The first-order valence-corrected chi connectivity index (χ1v) is 6.21. The molecule has 0 radical (unpaired) electrons. The van der Waals surface area contributed by atoms with Gasteiger partial charge in [-0.25, -0.2) is 0 Å². The van der Waals surface area contributed by atoms with Crippen LogP contribution in [-0.2, 0) is 6.42 Å². The summed E-state index contributed by atoms with van der Waals surface area (Å²) in [5, 5.41) is 1.17. The van der Waals surface area contributed by atoms with Gasteiger partial charge in [0.15, 0.2) is 6.20 Å². The third-order valence-corrected chi connectivity index (χ3v) is 3.51. The molecule has 1 heterocycles. The minimum Gasteiger partial charge on any atom is -0.174 e. The summed E-state index contributed by atoms with van der Waals surface area (Å²) in [6.07, 6.45) is 5.31. The van der Waals surface area contributed by atoms with Crippen molar-refractivity contribution in [3.05, 3.63) is 83.5 Å². The van der Waals surface area contributed by atoms with Crippen molar-refractivity contribution in [2.45, 2.75) is 13.3 Å². The Morgan fingerprint density at radius 3 is 2.67 bits per heavy atom. The van der Waals surface area contributed by atoms with E-state index >= 15 is 0 Å². The second-order valence-corrected chi connectivity index (χ2v) is 4.68. The minimum absolute atomic E-state index is 1.02. The van der Waals surface area contributed by atoms with Crippen LogP contribution in [0, 0.1) is 6.72 Å². The van der Waals surface area contributed by atoms with E-state index in [2.05, 4.69) is 56.1 Å². The molecule has 0 fully saturated rings. The fourth-order valence-electron chi connectivity index (χ4n) is 2.56. The maximum absolute atomic E-state index is 4.07. The molecule has 2 aromatic rings. The van der Waals surface area contributed by atoms with E-state index in [0.717, 1.165) is 6.42 Å². The molecule has 0 spiro atoms. The maximum Gasteiger partial charge on any atom is 0.218 e. The largest absolute Gasteiger partial charge is 0.218 e. The molecule has 1 aliphatic carbocycles. The highest BCUT2D eigenvalue weighted by Gasteiger charge is 2.17. The molecule has 18 heavy (non-hydrogen) atoms. The number of hydrogen-bond donors (Lipinski definition) is 0. The Morgan fingerprint density at radius 1 is 1.06 bits per heavy atom. The van der Waals surface area contributed by atoms with Gasteiger partial charge >= 0.3 is 0 Å². The topological polar surface area (TPSA) is 5.90 Å². The lowest BCUT2D eigenvalue weighted by Gasteiger charge is -2.16. The first-order valence-electron chi connectivity index (χ1n) is 6.21. The van der Waals surface area contributed by atoms with Crippen LogP contribution in [0.4, 0.5) is 0 Å². The lowest BCUT2D eigenvalue weighted by molar-refractivity contribution is -0.514. The molecule has 0 N–H and O–H groups in total. The number of benzene rings is 1. The molecule has 0 amide bonds. The van der Waals surface area contributed by atoms with Crippen molar-refractivity contribution < 1.29 is 4.24 Å². The van der Waals surface area contributed by atoms with Gasteiger partial charge in [-0.3, -0.25) is 0 Å². The van der Waals surface area contributed by atoms with Gasteiger partial charge in [-0.15, -0.1) is 0 Å². The predicted molar refractivity (Wildman–Crippen MR) is 73.4 cm³/mol. The zero-order valence-electron chi connectivity index (χ0n) is 10.6. The van der Waals surface area contributed by atoms with Crippen LogP contribution >= 0.6 is 0 Å². The van der Waals surface area contributed by atoms with E-state index in [1.54, 1.807) is 0 Å². The summed E-state index contributed by atoms with van der Waals surface area (Å²) < 4.78 is 1.94. The second kappa shape index (κ2) is 4.26. The minimum atomic E-state index is 1.02. The average Bonchev–Trinajstić information content (AvgIpc) is 2.40. The third kappa shape index (κ3) is 1.68. The number of rotatable bonds is 0. The Bertz CT molecular complexity index is 738. The molecule has 0 saturated heterocycles. The number of pyridine rings is 1. The fourth-order valence-corrected chi connectivity index (χ4v) is 2.56. The Morgan fingerprint density at radius 2 is 1.83 bits per heavy atom. The highest BCUT2D eigenvalue weighted by Crippen LogP contribution is 2.28. The fraction of sp³-hybridized carbons (Fsp3) is 0.118. The summed E-state index contributed by atoms with van der Waals surface area (Å²) in [6, 6.07) is 14.8. The molecule has 1 aliphatic rings. The summed E-state index contributed by atoms with van der Waals surface area (Å²) in [7, 11) is 0. The molecule has 1 aromatic heterocycles. The van der Waals surface area contributed by atoms with Gasteiger partial charge in [0.1, 0.15) is 6.72 Å². The van der Waals surface area contributed by atoms with Crippen molar-refractivity contribution >= 4 is 5.57 Å². The van der Waals surface area contributed by atoms with Crippen LogP contribution in [-0.4, -0.2) is 0 Å². The van der Waals surface area contributed by atoms with Crippen molar-refractivity contribution in [1.82, 2.24) is 0 Å². The molecule has 0 atom stereocenters. The highest BCUT2D eigenvalue weighted by atomic mass is 14.8. The number of hydrogen-bond acceptors (Lipinski definition) is 0. The monoisotopic (exact) mass is 234 g/mol. The highest BCUT2D eigenvalue weighted by molar-refractivity contribution is 5.80. The number of aromatic nitrogens is 1. The number of allylic oxidation sites excluding steroid dienone is 2. The molecular formula is C17H16N+. The predicted octanol–water partition coefficient (Wildman–Crippen LogP) is 2.32. The van der Waals surface area contributed by atoms with Gasteiger partial charge in [-0.1, -0.05) is 30.3 Å². The normalized spacial score (nSPS) is 17.1. The second-order valence-electron chi connectivity index (χ2n) is 4.68. The van der Waals surface area contributed by atoms with Gasteiger partial charge in [0.2, 0.25) is 5.35 Å². The van der Waals surface area contributed by atoms with Gasteiger partial charge in [-0.05, 0) is 36.1 Å². The Labute approximate surface area is 107 Å². The average molecular weight is 234 g/mol. The van der Waals surface area contributed by atoms with Crippen LogP contribution in [0.25, 0.3) is 5.57 Å². The molecule has 88 valence electrons. The third-order valence-electron chi connectivity index (χ3n) is 3.51. The van der Waals surface area contributed by atoms with Crippen LogP contribution in [0.1, 0.15) is 18.1 Å². The number of fused-ring (bicyclic) bond motifs is 1. The van der Waals surface area contributed by atoms with E-state index in [4.69, 9.17) is 0 Å². The van der Waals surface area contributed by atoms with Gasteiger partial charge in [-0.2, -0.15) is 4.24 Å². The van der Waals surface area contributed by atoms with Crippen LogP contribution in [0.3, 0.4) is 0 Å². The molecule has 1 aromatic carbocycles. The molecular weight excluding hydrogens is 218 g/mol.